The molecule has 3 unspecified atom stereocenters. The van der Waals surface area contributed by atoms with Gasteiger partial charge in [-0.1, -0.05) is 261 Å². The van der Waals surface area contributed by atoms with Gasteiger partial charge < -0.3 is 33.8 Å². The standard InChI is InChI=1S/C65H126O17P2/c1-55(2)41-33-25-17-10-9-11-22-31-39-47-64(69)81-61(52-76-63(68)46-38-30-24-16-20-28-36-44-58(7)8)54-80-84(73,74)78-50-59(66)49-77-83(71,72)79-53-60(82-65(70)48-40-32-23-15-13-19-27-35-43-57(5)6)51-75-62(67)45-37-29-21-14-12-18-26-34-42-56(3)4/h55-61,66H,9-54H2,1-8H3,(H,71,72)(H,73,74)/t59?,60-,61-/m1/s1. The first-order chi connectivity index (χ1) is 40.1. The highest BCUT2D eigenvalue weighted by molar-refractivity contribution is 7.47. The Bertz CT molecular complexity index is 1650. The minimum Gasteiger partial charge on any atom is -0.462 e. The Balaban J connectivity index is 5.26. The highest BCUT2D eigenvalue weighted by Crippen LogP contribution is 2.45. The number of ether oxygens (including phenoxy) is 4. The summed E-state index contributed by atoms with van der Waals surface area (Å²) >= 11 is 0. The first kappa shape index (κ1) is 82.1. The van der Waals surface area contributed by atoms with Crippen LogP contribution in [0.15, 0.2) is 0 Å². The van der Waals surface area contributed by atoms with Crippen LogP contribution in [0, 0.1) is 23.7 Å². The maximum Gasteiger partial charge on any atom is 0.472 e. The third-order valence-corrected chi connectivity index (χ3v) is 16.7. The summed E-state index contributed by atoms with van der Waals surface area (Å²) in [6.07, 6.45) is 35.0. The van der Waals surface area contributed by atoms with Crippen molar-refractivity contribution in [3.05, 3.63) is 0 Å². The van der Waals surface area contributed by atoms with E-state index in [-0.39, 0.29) is 25.7 Å². The van der Waals surface area contributed by atoms with Gasteiger partial charge in [0.05, 0.1) is 26.4 Å². The summed E-state index contributed by atoms with van der Waals surface area (Å²) < 4.78 is 68.0. The van der Waals surface area contributed by atoms with E-state index in [4.69, 9.17) is 37.0 Å². The summed E-state index contributed by atoms with van der Waals surface area (Å²) in [7, 11) is -9.89. The van der Waals surface area contributed by atoms with Crippen LogP contribution in [-0.2, 0) is 65.4 Å². The minimum absolute atomic E-state index is 0.103. The van der Waals surface area contributed by atoms with Gasteiger partial charge in [0.1, 0.15) is 19.3 Å². The van der Waals surface area contributed by atoms with Gasteiger partial charge in [0.25, 0.3) is 0 Å². The molecule has 0 aliphatic heterocycles. The van der Waals surface area contributed by atoms with E-state index in [9.17, 15) is 43.2 Å². The molecule has 0 aromatic heterocycles. The molecule has 84 heavy (non-hydrogen) atoms. The van der Waals surface area contributed by atoms with Crippen molar-refractivity contribution in [3.63, 3.8) is 0 Å². The number of aliphatic hydroxyl groups excluding tert-OH is 1. The maximum absolute atomic E-state index is 13.0. The number of hydrogen-bond donors (Lipinski definition) is 3. The van der Waals surface area contributed by atoms with Crippen LogP contribution in [0.25, 0.3) is 0 Å². The average Bonchev–Trinajstić information content (AvgIpc) is 3.51. The number of unbranched alkanes of at least 4 members (excludes halogenated alkanes) is 28. The molecular formula is C65H126O17P2. The number of hydrogen-bond acceptors (Lipinski definition) is 15. The van der Waals surface area contributed by atoms with Gasteiger partial charge in [-0.15, -0.1) is 0 Å². The summed E-state index contributed by atoms with van der Waals surface area (Å²) in [5, 5.41) is 10.5. The number of aliphatic hydroxyl groups is 1. The van der Waals surface area contributed by atoms with Crippen molar-refractivity contribution in [1.82, 2.24) is 0 Å². The molecule has 3 N–H and O–H groups in total. The lowest BCUT2D eigenvalue weighted by molar-refractivity contribution is -0.161. The van der Waals surface area contributed by atoms with E-state index >= 15 is 0 Å². The fourth-order valence-corrected chi connectivity index (χ4v) is 11.2. The lowest BCUT2D eigenvalue weighted by Gasteiger charge is -2.21. The highest BCUT2D eigenvalue weighted by atomic mass is 31.2. The first-order valence-electron chi connectivity index (χ1n) is 33.7. The van der Waals surface area contributed by atoms with Crippen molar-refractivity contribution in [2.24, 2.45) is 23.7 Å². The van der Waals surface area contributed by atoms with Crippen molar-refractivity contribution in [3.8, 4) is 0 Å². The zero-order valence-corrected chi connectivity index (χ0v) is 56.3. The number of carbonyl (C=O) groups excluding carboxylic acids is 4. The zero-order valence-electron chi connectivity index (χ0n) is 54.5. The maximum atomic E-state index is 13.0. The van der Waals surface area contributed by atoms with Gasteiger partial charge in [-0.25, -0.2) is 9.13 Å². The molecule has 0 amide bonds. The van der Waals surface area contributed by atoms with E-state index in [1.807, 2.05) is 0 Å². The second kappa shape index (κ2) is 55.2. The van der Waals surface area contributed by atoms with Gasteiger partial charge in [0.2, 0.25) is 0 Å². The molecule has 0 bridgehead atoms. The number of phosphoric ester groups is 2. The molecule has 498 valence electrons. The van der Waals surface area contributed by atoms with Gasteiger partial charge in [-0.2, -0.15) is 0 Å². The Hall–Kier alpha value is -1.94. The summed E-state index contributed by atoms with van der Waals surface area (Å²) in [5.74, 6) is 0.747. The van der Waals surface area contributed by atoms with E-state index in [1.165, 1.54) is 109 Å². The van der Waals surface area contributed by atoms with E-state index < -0.39 is 97.5 Å². The first-order valence-corrected chi connectivity index (χ1v) is 36.7. The van der Waals surface area contributed by atoms with E-state index in [0.717, 1.165) is 114 Å². The molecule has 0 aliphatic rings. The van der Waals surface area contributed by atoms with Gasteiger partial charge in [0, 0.05) is 25.7 Å². The second-order valence-electron chi connectivity index (χ2n) is 25.4. The lowest BCUT2D eigenvalue weighted by Crippen LogP contribution is -2.30. The Morgan fingerprint density at radius 1 is 0.298 bits per heavy atom. The average molecular weight is 1240 g/mol. The fourth-order valence-electron chi connectivity index (χ4n) is 9.61. The summed E-state index contributed by atoms with van der Waals surface area (Å²) in [6, 6.07) is 0. The molecule has 0 saturated carbocycles. The van der Waals surface area contributed by atoms with Gasteiger partial charge in [-0.05, 0) is 49.4 Å². The quantitative estimate of drug-likeness (QED) is 0.0222. The summed E-state index contributed by atoms with van der Waals surface area (Å²) in [5.41, 5.74) is 0. The van der Waals surface area contributed by atoms with Gasteiger partial charge in [-0.3, -0.25) is 37.3 Å². The third-order valence-electron chi connectivity index (χ3n) is 14.8. The van der Waals surface area contributed by atoms with Crippen LogP contribution in [0.5, 0.6) is 0 Å². The molecule has 17 nitrogen and oxygen atoms in total. The van der Waals surface area contributed by atoms with Crippen molar-refractivity contribution in [2.75, 3.05) is 39.6 Å². The van der Waals surface area contributed by atoms with Crippen LogP contribution in [0.3, 0.4) is 0 Å². The van der Waals surface area contributed by atoms with Crippen LogP contribution in [-0.4, -0.2) is 96.7 Å². The molecule has 0 radical (unpaired) electrons. The van der Waals surface area contributed by atoms with Crippen LogP contribution in [0.2, 0.25) is 0 Å². The van der Waals surface area contributed by atoms with Crippen molar-refractivity contribution in [1.29, 1.82) is 0 Å². The Morgan fingerprint density at radius 3 is 0.738 bits per heavy atom. The normalized spacial score (nSPS) is 14.4. The molecular weight excluding hydrogens is 1110 g/mol. The number of rotatable bonds is 62. The van der Waals surface area contributed by atoms with Gasteiger partial charge in [0.15, 0.2) is 12.2 Å². The fraction of sp³-hybridized carbons (Fsp3) is 0.938. The topological polar surface area (TPSA) is 237 Å². The van der Waals surface area contributed by atoms with E-state index in [1.54, 1.807) is 0 Å². The van der Waals surface area contributed by atoms with Crippen molar-refractivity contribution in [2.45, 2.75) is 331 Å². The predicted octanol–water partition coefficient (Wildman–Crippen LogP) is 17.8. The Morgan fingerprint density at radius 2 is 0.500 bits per heavy atom. The third kappa shape index (κ3) is 59.0. The van der Waals surface area contributed by atoms with Crippen LogP contribution < -0.4 is 0 Å². The molecule has 19 heteroatoms. The smallest absolute Gasteiger partial charge is 0.462 e. The molecule has 0 saturated heterocycles. The lowest BCUT2D eigenvalue weighted by atomic mass is 10.0. The molecule has 0 heterocycles. The monoisotopic (exact) mass is 1240 g/mol. The molecule has 0 fully saturated rings. The summed E-state index contributed by atoms with van der Waals surface area (Å²) in [6.45, 7) is 13.9. The van der Waals surface area contributed by atoms with Crippen LogP contribution in [0.1, 0.15) is 312 Å². The van der Waals surface area contributed by atoms with Crippen LogP contribution >= 0.6 is 15.6 Å². The van der Waals surface area contributed by atoms with Crippen molar-refractivity contribution >= 4 is 39.5 Å². The molecule has 0 aliphatic carbocycles. The summed E-state index contributed by atoms with van der Waals surface area (Å²) in [4.78, 5) is 72.3. The SMILES string of the molecule is CC(C)CCCCCCCCCCCC(=O)O[C@H](COC(=O)CCCCCCCCCC(C)C)COP(=O)(O)OCC(O)COP(=O)(O)OC[C@@H](COC(=O)CCCCCCCCCCC(C)C)OC(=O)CCCCCCCCCCC(C)C. The molecule has 0 spiro atoms. The molecule has 0 aromatic rings. The van der Waals surface area contributed by atoms with E-state index in [2.05, 4.69) is 55.4 Å². The second-order valence-corrected chi connectivity index (χ2v) is 28.3. The molecule has 0 aromatic carbocycles. The molecule has 0 rings (SSSR count). The zero-order chi connectivity index (χ0) is 62.5. The number of carbonyl (C=O) groups is 4. The number of esters is 4. The van der Waals surface area contributed by atoms with Crippen LogP contribution in [0.4, 0.5) is 0 Å². The van der Waals surface area contributed by atoms with Gasteiger partial charge >= 0.3 is 39.5 Å². The number of phosphoric acid groups is 2. The Labute approximate surface area is 511 Å². The predicted molar refractivity (Wildman–Crippen MR) is 335 cm³/mol. The van der Waals surface area contributed by atoms with Crippen molar-refractivity contribution < 1.29 is 80.2 Å². The molecule has 5 atom stereocenters. The van der Waals surface area contributed by atoms with E-state index in [0.29, 0.717) is 31.6 Å². The highest BCUT2D eigenvalue weighted by Gasteiger charge is 2.30. The largest absolute Gasteiger partial charge is 0.472 e. The minimum atomic E-state index is -4.95. The Kier molecular flexibility index (Phi) is 53.9.